The van der Waals surface area contributed by atoms with Crippen LogP contribution in [0.1, 0.15) is 46.5 Å². The first-order valence-corrected chi connectivity index (χ1v) is 10.8. The second-order valence-electron chi connectivity index (χ2n) is 9.66. The van der Waals surface area contributed by atoms with Crippen molar-refractivity contribution in [3.05, 3.63) is 30.1 Å². The van der Waals surface area contributed by atoms with Crippen LogP contribution >= 0.6 is 0 Å². The Balaban J connectivity index is 1.51. The highest BCUT2D eigenvalue weighted by molar-refractivity contribution is 6.09. The van der Waals surface area contributed by atoms with Gasteiger partial charge in [-0.15, -0.1) is 0 Å². The number of ether oxygens (including phenoxy) is 1. The summed E-state index contributed by atoms with van der Waals surface area (Å²) < 4.78 is 18.4. The van der Waals surface area contributed by atoms with Crippen LogP contribution in [0.5, 0.6) is 5.75 Å². The number of imide groups is 1. The van der Waals surface area contributed by atoms with E-state index in [2.05, 4.69) is 26.1 Å². The summed E-state index contributed by atoms with van der Waals surface area (Å²) in [6, 6.07) is 5.12. The van der Waals surface area contributed by atoms with Crippen LogP contribution in [0.3, 0.4) is 0 Å². The fraction of sp³-hybridized carbons (Fsp3) is 0.609. The molecule has 0 radical (unpaired) electrons. The fourth-order valence-electron chi connectivity index (χ4n) is 4.35. The highest BCUT2D eigenvalue weighted by Gasteiger charge is 2.53. The van der Waals surface area contributed by atoms with Crippen LogP contribution in [0.2, 0.25) is 0 Å². The van der Waals surface area contributed by atoms with Crippen LogP contribution in [0.4, 0.5) is 9.18 Å². The van der Waals surface area contributed by atoms with E-state index in [1.165, 1.54) is 29.2 Å². The summed E-state index contributed by atoms with van der Waals surface area (Å²) >= 11 is 0. The van der Waals surface area contributed by atoms with Crippen molar-refractivity contribution in [3.63, 3.8) is 0 Å². The van der Waals surface area contributed by atoms with Gasteiger partial charge in [0.05, 0.1) is 6.54 Å². The number of carbonyl (C=O) groups excluding carboxylic acids is 3. The van der Waals surface area contributed by atoms with Crippen LogP contribution in [-0.4, -0.2) is 59.9 Å². The molecule has 1 saturated carbocycles. The molecule has 170 valence electrons. The molecule has 1 N–H and O–H groups in total. The summed E-state index contributed by atoms with van der Waals surface area (Å²) in [7, 11) is 1.60. The van der Waals surface area contributed by atoms with Crippen LogP contribution in [0, 0.1) is 17.2 Å². The lowest BCUT2D eigenvalue weighted by molar-refractivity contribution is -0.139. The normalized spacial score (nSPS) is 23.8. The topological polar surface area (TPSA) is 79.0 Å². The molecule has 2 aliphatic rings. The Labute approximate surface area is 182 Å². The number of urea groups is 1. The maximum Gasteiger partial charge on any atom is 0.325 e. The van der Waals surface area contributed by atoms with E-state index >= 15 is 0 Å². The molecule has 3 rings (SSSR count). The smallest absolute Gasteiger partial charge is 0.325 e. The number of amides is 4. The highest BCUT2D eigenvalue weighted by Crippen LogP contribution is 2.43. The number of rotatable bonds is 6. The Bertz CT molecular complexity index is 826. The van der Waals surface area contributed by atoms with Crippen molar-refractivity contribution in [1.82, 2.24) is 15.1 Å². The number of likely N-dealkylation sites (N-methyl/N-ethyl adjacent to an activating group) is 1. The second kappa shape index (κ2) is 8.85. The van der Waals surface area contributed by atoms with Crippen LogP contribution in [0.25, 0.3) is 0 Å². The lowest BCUT2D eigenvalue weighted by Gasteiger charge is -2.40. The van der Waals surface area contributed by atoms with Gasteiger partial charge in [0.15, 0.2) is 0 Å². The average Bonchev–Trinajstić information content (AvgIpc) is 2.93. The Morgan fingerprint density at radius 2 is 1.84 bits per heavy atom. The summed E-state index contributed by atoms with van der Waals surface area (Å²) in [5.41, 5.74) is -0.703. The number of nitrogens with zero attached hydrogens (tertiary/aromatic N) is 2. The van der Waals surface area contributed by atoms with Crippen molar-refractivity contribution in [3.8, 4) is 5.75 Å². The predicted octanol–water partition coefficient (Wildman–Crippen LogP) is 3.19. The van der Waals surface area contributed by atoms with E-state index in [1.807, 2.05) is 0 Å². The predicted molar refractivity (Wildman–Crippen MR) is 114 cm³/mol. The summed E-state index contributed by atoms with van der Waals surface area (Å²) in [5, 5.41) is 2.87. The maximum absolute atomic E-state index is 13.1. The van der Waals surface area contributed by atoms with Gasteiger partial charge in [0.25, 0.3) is 5.91 Å². The zero-order valence-corrected chi connectivity index (χ0v) is 18.7. The van der Waals surface area contributed by atoms with Crippen LogP contribution in [0.15, 0.2) is 24.3 Å². The molecule has 1 saturated heterocycles. The van der Waals surface area contributed by atoms with Crippen molar-refractivity contribution < 1.29 is 23.5 Å². The highest BCUT2D eigenvalue weighted by atomic mass is 19.1. The van der Waals surface area contributed by atoms with E-state index in [-0.39, 0.29) is 42.7 Å². The number of halogens is 1. The molecule has 0 bridgehead atoms. The van der Waals surface area contributed by atoms with Gasteiger partial charge in [-0.1, -0.05) is 20.8 Å². The van der Waals surface area contributed by atoms with Gasteiger partial charge in [-0.2, -0.15) is 0 Å². The molecule has 4 amide bonds. The van der Waals surface area contributed by atoms with E-state index < -0.39 is 11.6 Å². The largest absolute Gasteiger partial charge is 0.492 e. The number of carbonyl (C=O) groups is 3. The number of nitrogens with one attached hydrogen (secondary N) is 1. The Hall–Kier alpha value is -2.64. The summed E-state index contributed by atoms with van der Waals surface area (Å²) in [6.07, 6.45) is 2.95. The number of benzene rings is 1. The molecule has 8 heteroatoms. The Morgan fingerprint density at radius 3 is 2.42 bits per heavy atom. The summed E-state index contributed by atoms with van der Waals surface area (Å²) in [4.78, 5) is 40.6. The van der Waals surface area contributed by atoms with Crippen LogP contribution in [-0.2, 0) is 9.59 Å². The van der Waals surface area contributed by atoms with Gasteiger partial charge in [0.2, 0.25) is 5.91 Å². The molecule has 1 aromatic carbocycles. The van der Waals surface area contributed by atoms with Crippen molar-refractivity contribution in [2.75, 3.05) is 26.7 Å². The van der Waals surface area contributed by atoms with E-state index in [9.17, 15) is 18.8 Å². The molecule has 1 aliphatic heterocycles. The first kappa shape index (κ1) is 23.0. The molecule has 1 spiro atoms. The van der Waals surface area contributed by atoms with Gasteiger partial charge in [0, 0.05) is 7.05 Å². The third kappa shape index (κ3) is 5.17. The summed E-state index contributed by atoms with van der Waals surface area (Å²) in [5.74, 6) is 0.0218. The Kier molecular flexibility index (Phi) is 6.57. The van der Waals surface area contributed by atoms with Gasteiger partial charge < -0.3 is 15.0 Å². The third-order valence-electron chi connectivity index (χ3n) is 6.54. The monoisotopic (exact) mass is 433 g/mol. The minimum Gasteiger partial charge on any atom is -0.492 e. The first-order chi connectivity index (χ1) is 14.5. The molecular weight excluding hydrogens is 401 g/mol. The summed E-state index contributed by atoms with van der Waals surface area (Å²) in [6.45, 7) is 6.80. The molecule has 1 aromatic rings. The van der Waals surface area contributed by atoms with Crippen molar-refractivity contribution in [2.24, 2.45) is 11.3 Å². The van der Waals surface area contributed by atoms with Crippen molar-refractivity contribution >= 4 is 17.8 Å². The van der Waals surface area contributed by atoms with Crippen LogP contribution < -0.4 is 10.1 Å². The van der Waals surface area contributed by atoms with E-state index in [4.69, 9.17) is 4.74 Å². The molecule has 0 atom stereocenters. The molecular formula is C23H32FN3O4. The van der Waals surface area contributed by atoms with Crippen molar-refractivity contribution in [1.29, 1.82) is 0 Å². The van der Waals surface area contributed by atoms with Gasteiger partial charge in [-0.25, -0.2) is 9.18 Å². The maximum atomic E-state index is 13.1. The zero-order valence-electron chi connectivity index (χ0n) is 18.7. The number of hydrogen-bond donors (Lipinski definition) is 1. The quantitative estimate of drug-likeness (QED) is 0.699. The molecule has 31 heavy (non-hydrogen) atoms. The average molecular weight is 434 g/mol. The molecule has 2 fully saturated rings. The lowest BCUT2D eigenvalue weighted by Crippen LogP contribution is -2.51. The molecule has 0 aromatic heterocycles. The number of hydrogen-bond acceptors (Lipinski definition) is 4. The second-order valence-corrected chi connectivity index (χ2v) is 9.66. The molecule has 1 heterocycles. The minimum atomic E-state index is -0.872. The van der Waals surface area contributed by atoms with E-state index in [1.54, 1.807) is 7.05 Å². The third-order valence-corrected chi connectivity index (χ3v) is 6.54. The standard InChI is InChI=1S/C23H32FN3O4/c1-22(2,3)16-9-11-23(12-10-16)20(29)27(21(30)25-23)15-19(28)26(4)13-14-31-18-7-5-17(24)6-8-18/h5-8,16H,9-15H2,1-4H3,(H,25,30). The van der Waals surface area contributed by atoms with Crippen molar-refractivity contribution in [2.45, 2.75) is 52.0 Å². The zero-order chi connectivity index (χ0) is 22.8. The lowest BCUT2D eigenvalue weighted by atomic mass is 9.67. The molecule has 7 nitrogen and oxygen atoms in total. The first-order valence-electron chi connectivity index (χ1n) is 10.8. The van der Waals surface area contributed by atoms with Gasteiger partial charge in [-0.3, -0.25) is 14.5 Å². The van der Waals surface area contributed by atoms with E-state index in [0.29, 0.717) is 24.5 Å². The Morgan fingerprint density at radius 1 is 1.23 bits per heavy atom. The fourth-order valence-corrected chi connectivity index (χ4v) is 4.35. The van der Waals surface area contributed by atoms with Gasteiger partial charge >= 0.3 is 6.03 Å². The van der Waals surface area contributed by atoms with E-state index in [0.717, 1.165) is 17.7 Å². The SMILES string of the molecule is CN(CCOc1ccc(F)cc1)C(=O)CN1C(=O)NC2(CCC(C(C)(C)C)CC2)C1=O. The molecule has 1 aliphatic carbocycles. The molecule has 0 unspecified atom stereocenters. The van der Waals surface area contributed by atoms with Gasteiger partial charge in [-0.05, 0) is 61.3 Å². The minimum absolute atomic E-state index is 0.168. The van der Waals surface area contributed by atoms with Gasteiger partial charge in [0.1, 0.15) is 30.3 Å².